The molecule has 1 aromatic heterocycles. The molecule has 3 rings (SSSR count). The summed E-state index contributed by atoms with van der Waals surface area (Å²) in [7, 11) is 0. The Labute approximate surface area is 180 Å². The van der Waals surface area contributed by atoms with Gasteiger partial charge in [0.1, 0.15) is 17.7 Å². The Morgan fingerprint density at radius 2 is 1.97 bits per heavy atom. The summed E-state index contributed by atoms with van der Waals surface area (Å²) in [6.07, 6.45) is 4.08. The Balaban J connectivity index is 1.50. The van der Waals surface area contributed by atoms with Crippen LogP contribution >= 0.6 is 0 Å². The van der Waals surface area contributed by atoms with Crippen LogP contribution < -0.4 is 20.3 Å². The second-order valence-electron chi connectivity index (χ2n) is 8.01. The van der Waals surface area contributed by atoms with Gasteiger partial charge in [0.25, 0.3) is 0 Å². The van der Waals surface area contributed by atoms with Gasteiger partial charge in [0, 0.05) is 31.9 Å². The highest BCUT2D eigenvalue weighted by molar-refractivity contribution is 5.80. The number of aliphatic imine (C=N–C) groups is 1. The summed E-state index contributed by atoms with van der Waals surface area (Å²) >= 11 is 0. The molecule has 6 heteroatoms. The summed E-state index contributed by atoms with van der Waals surface area (Å²) in [5, 5.41) is 6.97. The van der Waals surface area contributed by atoms with Crippen LogP contribution in [-0.4, -0.2) is 49.3 Å². The van der Waals surface area contributed by atoms with E-state index in [2.05, 4.69) is 66.4 Å². The van der Waals surface area contributed by atoms with Gasteiger partial charge in [-0.15, -0.1) is 0 Å². The Morgan fingerprint density at radius 3 is 2.63 bits per heavy atom. The lowest BCUT2D eigenvalue weighted by Crippen LogP contribution is -2.49. The number of nitrogens with one attached hydrogen (secondary N) is 2. The second-order valence-corrected chi connectivity index (χ2v) is 8.01. The van der Waals surface area contributed by atoms with E-state index in [0.717, 1.165) is 55.6 Å². The Hall–Kier alpha value is -2.76. The predicted octanol–water partition coefficient (Wildman–Crippen LogP) is 3.69. The number of pyridine rings is 1. The highest BCUT2D eigenvalue weighted by atomic mass is 16.5. The first-order chi connectivity index (χ1) is 14.5. The number of hydrogen-bond acceptors (Lipinski definition) is 4. The predicted molar refractivity (Wildman–Crippen MR) is 125 cm³/mol. The number of hydrogen-bond donors (Lipinski definition) is 2. The molecule has 6 nitrogen and oxygen atoms in total. The number of aryl methyl sites for hydroxylation is 2. The van der Waals surface area contributed by atoms with Crippen LogP contribution in [0.25, 0.3) is 0 Å². The molecule has 1 aromatic carbocycles. The quantitative estimate of drug-likeness (QED) is 0.539. The molecule has 1 aliphatic heterocycles. The first kappa shape index (κ1) is 21.9. The Morgan fingerprint density at radius 1 is 1.20 bits per heavy atom. The topological polar surface area (TPSA) is 61.8 Å². The molecule has 1 atom stereocenters. The van der Waals surface area contributed by atoms with E-state index in [9.17, 15) is 0 Å². The molecule has 0 bridgehead atoms. The number of anilines is 1. The van der Waals surface area contributed by atoms with Crippen LogP contribution in [0.4, 0.5) is 5.82 Å². The van der Waals surface area contributed by atoms with Gasteiger partial charge >= 0.3 is 0 Å². The minimum Gasteiger partial charge on any atom is -0.489 e. The SMILES string of the molecule is CCNC(=NCC(C)Oc1ccccc1C)NC1CCN(c2ccc(C)cn2)CC1. The summed E-state index contributed by atoms with van der Waals surface area (Å²) in [6, 6.07) is 12.8. The largest absolute Gasteiger partial charge is 0.489 e. The highest BCUT2D eigenvalue weighted by Gasteiger charge is 2.21. The fourth-order valence-corrected chi connectivity index (χ4v) is 3.58. The van der Waals surface area contributed by atoms with E-state index in [-0.39, 0.29) is 6.10 Å². The lowest BCUT2D eigenvalue weighted by molar-refractivity contribution is 0.228. The van der Waals surface area contributed by atoms with E-state index in [1.54, 1.807) is 0 Å². The third-order valence-electron chi connectivity index (χ3n) is 5.33. The Kier molecular flexibility index (Phi) is 7.94. The molecule has 0 amide bonds. The molecule has 2 heterocycles. The normalized spacial score (nSPS) is 16.3. The van der Waals surface area contributed by atoms with Gasteiger partial charge < -0.3 is 20.3 Å². The van der Waals surface area contributed by atoms with Crippen molar-refractivity contribution in [3.05, 3.63) is 53.7 Å². The number of guanidine groups is 1. The summed E-state index contributed by atoms with van der Waals surface area (Å²) < 4.78 is 6.06. The average Bonchev–Trinajstić information content (AvgIpc) is 2.75. The monoisotopic (exact) mass is 409 g/mol. The number of benzene rings is 1. The van der Waals surface area contributed by atoms with Crippen LogP contribution in [0.2, 0.25) is 0 Å². The standard InChI is InChI=1S/C24H35N5O/c1-5-25-24(27-17-20(4)30-22-9-7-6-8-19(22)3)28-21-12-14-29(15-13-21)23-11-10-18(2)16-26-23/h6-11,16,20-21H,5,12-15,17H2,1-4H3,(H2,25,27,28). The van der Waals surface area contributed by atoms with Crippen LogP contribution in [0, 0.1) is 13.8 Å². The lowest BCUT2D eigenvalue weighted by atomic mass is 10.1. The second kappa shape index (κ2) is 10.9. The van der Waals surface area contributed by atoms with Crippen molar-refractivity contribution in [3.63, 3.8) is 0 Å². The van der Waals surface area contributed by atoms with Gasteiger partial charge in [-0.05, 0) is 63.8 Å². The van der Waals surface area contributed by atoms with Crippen molar-refractivity contribution < 1.29 is 4.74 Å². The van der Waals surface area contributed by atoms with Gasteiger partial charge in [0.2, 0.25) is 0 Å². The van der Waals surface area contributed by atoms with Crippen LogP contribution in [0.15, 0.2) is 47.6 Å². The van der Waals surface area contributed by atoms with E-state index in [0.29, 0.717) is 12.6 Å². The fraction of sp³-hybridized carbons (Fsp3) is 0.500. The minimum absolute atomic E-state index is 0.0102. The average molecular weight is 410 g/mol. The molecule has 1 aliphatic rings. The molecular weight excluding hydrogens is 374 g/mol. The number of piperidine rings is 1. The molecule has 0 radical (unpaired) electrons. The summed E-state index contributed by atoms with van der Waals surface area (Å²) in [4.78, 5) is 11.7. The molecule has 1 unspecified atom stereocenters. The molecule has 1 saturated heterocycles. The maximum atomic E-state index is 6.06. The van der Waals surface area contributed by atoms with E-state index >= 15 is 0 Å². The third kappa shape index (κ3) is 6.37. The van der Waals surface area contributed by atoms with Crippen molar-refractivity contribution in [2.75, 3.05) is 31.1 Å². The zero-order chi connectivity index (χ0) is 21.3. The summed E-state index contributed by atoms with van der Waals surface area (Å²) in [5.41, 5.74) is 2.34. The number of aromatic nitrogens is 1. The van der Waals surface area contributed by atoms with Crippen molar-refractivity contribution in [1.29, 1.82) is 0 Å². The van der Waals surface area contributed by atoms with Gasteiger partial charge in [0.15, 0.2) is 5.96 Å². The first-order valence-corrected chi connectivity index (χ1v) is 11.0. The molecule has 2 aromatic rings. The maximum Gasteiger partial charge on any atom is 0.191 e. The van der Waals surface area contributed by atoms with Gasteiger partial charge in [-0.25, -0.2) is 9.98 Å². The van der Waals surface area contributed by atoms with E-state index in [1.165, 1.54) is 5.56 Å². The van der Waals surface area contributed by atoms with Crippen LogP contribution in [0.5, 0.6) is 5.75 Å². The lowest BCUT2D eigenvalue weighted by Gasteiger charge is -2.34. The fourth-order valence-electron chi connectivity index (χ4n) is 3.58. The zero-order valence-electron chi connectivity index (χ0n) is 18.7. The third-order valence-corrected chi connectivity index (χ3v) is 5.33. The molecule has 0 spiro atoms. The first-order valence-electron chi connectivity index (χ1n) is 11.0. The molecule has 30 heavy (non-hydrogen) atoms. The molecule has 162 valence electrons. The molecule has 0 saturated carbocycles. The van der Waals surface area contributed by atoms with Gasteiger partial charge in [0.05, 0.1) is 6.54 Å². The van der Waals surface area contributed by atoms with Gasteiger partial charge in [-0.1, -0.05) is 24.3 Å². The van der Waals surface area contributed by atoms with Crippen molar-refractivity contribution in [3.8, 4) is 5.75 Å². The minimum atomic E-state index is 0.0102. The molecule has 0 aliphatic carbocycles. The van der Waals surface area contributed by atoms with Gasteiger partial charge in [-0.2, -0.15) is 0 Å². The van der Waals surface area contributed by atoms with Crippen molar-refractivity contribution >= 4 is 11.8 Å². The zero-order valence-corrected chi connectivity index (χ0v) is 18.7. The van der Waals surface area contributed by atoms with Crippen molar-refractivity contribution in [2.24, 2.45) is 4.99 Å². The number of ether oxygens (including phenoxy) is 1. The highest BCUT2D eigenvalue weighted by Crippen LogP contribution is 2.19. The number of para-hydroxylation sites is 1. The van der Waals surface area contributed by atoms with Crippen molar-refractivity contribution in [2.45, 2.75) is 52.7 Å². The smallest absolute Gasteiger partial charge is 0.191 e. The summed E-state index contributed by atoms with van der Waals surface area (Å²) in [6.45, 7) is 11.7. The maximum absolute atomic E-state index is 6.06. The van der Waals surface area contributed by atoms with Crippen LogP contribution in [-0.2, 0) is 0 Å². The summed E-state index contributed by atoms with van der Waals surface area (Å²) in [5.74, 6) is 2.86. The van der Waals surface area contributed by atoms with E-state index in [1.807, 2.05) is 24.4 Å². The number of rotatable bonds is 7. The number of nitrogens with zero attached hydrogens (tertiary/aromatic N) is 3. The molecule has 1 fully saturated rings. The molecular formula is C24H35N5O. The Bertz CT molecular complexity index is 813. The van der Waals surface area contributed by atoms with E-state index < -0.39 is 0 Å². The molecule has 2 N–H and O–H groups in total. The van der Waals surface area contributed by atoms with Crippen molar-refractivity contribution in [1.82, 2.24) is 15.6 Å². The van der Waals surface area contributed by atoms with E-state index in [4.69, 9.17) is 9.73 Å². The van der Waals surface area contributed by atoms with Crippen LogP contribution in [0.1, 0.15) is 37.8 Å². The van der Waals surface area contributed by atoms with Crippen LogP contribution in [0.3, 0.4) is 0 Å². The van der Waals surface area contributed by atoms with Gasteiger partial charge in [-0.3, -0.25) is 0 Å².